The zero-order valence-corrected chi connectivity index (χ0v) is 19.0. The van der Waals surface area contributed by atoms with Crippen molar-refractivity contribution in [3.05, 3.63) is 59.9 Å². The molecule has 1 saturated carbocycles. The van der Waals surface area contributed by atoms with E-state index in [0.717, 1.165) is 48.4 Å². The van der Waals surface area contributed by atoms with Crippen LogP contribution in [0.1, 0.15) is 64.4 Å². The molecule has 31 heavy (non-hydrogen) atoms. The first-order chi connectivity index (χ1) is 14.8. The molecule has 1 fully saturated rings. The Labute approximate surface area is 184 Å². The number of para-hydroxylation sites is 2. The van der Waals surface area contributed by atoms with Crippen molar-refractivity contribution in [3.8, 4) is 5.75 Å². The van der Waals surface area contributed by atoms with Crippen molar-refractivity contribution in [1.29, 1.82) is 0 Å². The van der Waals surface area contributed by atoms with Crippen molar-refractivity contribution in [2.24, 2.45) is 5.92 Å². The predicted octanol–water partition coefficient (Wildman–Crippen LogP) is 5.39. The summed E-state index contributed by atoms with van der Waals surface area (Å²) in [7, 11) is 0. The van der Waals surface area contributed by atoms with Crippen LogP contribution in [0.25, 0.3) is 11.0 Å². The predicted molar refractivity (Wildman–Crippen MR) is 124 cm³/mol. The molecule has 0 bridgehead atoms. The molecule has 164 valence electrons. The molecule has 5 heteroatoms. The average molecular weight is 420 g/mol. The Morgan fingerprint density at radius 1 is 1.16 bits per heavy atom. The van der Waals surface area contributed by atoms with Gasteiger partial charge in [-0.3, -0.25) is 4.79 Å². The van der Waals surface area contributed by atoms with Crippen LogP contribution in [0.2, 0.25) is 0 Å². The van der Waals surface area contributed by atoms with Gasteiger partial charge in [-0.15, -0.1) is 0 Å². The highest BCUT2D eigenvalue weighted by Gasteiger charge is 2.31. The van der Waals surface area contributed by atoms with E-state index in [0.29, 0.717) is 6.61 Å². The van der Waals surface area contributed by atoms with E-state index in [1.54, 1.807) is 0 Å². The van der Waals surface area contributed by atoms with Gasteiger partial charge >= 0.3 is 0 Å². The van der Waals surface area contributed by atoms with Gasteiger partial charge in [-0.05, 0) is 61.4 Å². The molecular formula is C26H33N3O2. The lowest BCUT2D eigenvalue weighted by molar-refractivity contribution is -0.123. The summed E-state index contributed by atoms with van der Waals surface area (Å²) in [5, 5.41) is 3.14. The number of rotatable bonds is 8. The molecule has 1 unspecified atom stereocenters. The number of benzene rings is 2. The lowest BCUT2D eigenvalue weighted by Crippen LogP contribution is -2.30. The van der Waals surface area contributed by atoms with Crippen molar-refractivity contribution < 1.29 is 9.53 Å². The molecule has 2 aromatic carbocycles. The van der Waals surface area contributed by atoms with Crippen molar-refractivity contribution in [2.45, 2.75) is 65.0 Å². The van der Waals surface area contributed by atoms with Crippen LogP contribution in [0.15, 0.2) is 48.5 Å². The number of carbonyl (C=O) groups is 1. The molecule has 5 nitrogen and oxygen atoms in total. The third-order valence-corrected chi connectivity index (χ3v) is 5.89. The summed E-state index contributed by atoms with van der Waals surface area (Å²) in [5.41, 5.74) is 3.50. The maximum absolute atomic E-state index is 12.3. The Hall–Kier alpha value is -2.82. The zero-order chi connectivity index (χ0) is 22.0. The molecule has 0 spiro atoms. The van der Waals surface area contributed by atoms with Crippen molar-refractivity contribution in [1.82, 2.24) is 14.9 Å². The molecule has 1 amide bonds. The summed E-state index contributed by atoms with van der Waals surface area (Å²) < 4.78 is 8.21. The quantitative estimate of drug-likeness (QED) is 0.498. The Balaban J connectivity index is 1.41. The van der Waals surface area contributed by atoms with Crippen molar-refractivity contribution in [3.63, 3.8) is 0 Å². The highest BCUT2D eigenvalue weighted by Crippen LogP contribution is 2.30. The third-order valence-electron chi connectivity index (χ3n) is 5.89. The molecule has 1 heterocycles. The smallest absolute Gasteiger partial charge is 0.223 e. The Morgan fingerprint density at radius 3 is 2.55 bits per heavy atom. The summed E-state index contributed by atoms with van der Waals surface area (Å²) >= 11 is 0. The number of hydrogen-bond acceptors (Lipinski definition) is 3. The van der Waals surface area contributed by atoms with Gasteiger partial charge in [0.15, 0.2) is 0 Å². The number of hydrogen-bond donors (Lipinski definition) is 1. The van der Waals surface area contributed by atoms with Crippen LogP contribution >= 0.6 is 0 Å². The van der Waals surface area contributed by atoms with Crippen LogP contribution in [0, 0.1) is 5.92 Å². The number of nitrogens with one attached hydrogen (secondary N) is 1. The second-order valence-electron chi connectivity index (χ2n) is 9.59. The van der Waals surface area contributed by atoms with Crippen LogP contribution in [0.3, 0.4) is 0 Å². The fourth-order valence-corrected chi connectivity index (χ4v) is 3.86. The van der Waals surface area contributed by atoms with Crippen LogP contribution in [0.5, 0.6) is 5.75 Å². The minimum Gasteiger partial charge on any atom is -0.494 e. The molecule has 3 aromatic rings. The lowest BCUT2D eigenvalue weighted by atomic mass is 9.87. The Morgan fingerprint density at radius 2 is 1.87 bits per heavy atom. The molecule has 1 N–H and O–H groups in total. The van der Waals surface area contributed by atoms with E-state index < -0.39 is 0 Å². The zero-order valence-electron chi connectivity index (χ0n) is 19.0. The fraction of sp³-hybridized carbons (Fsp3) is 0.462. The van der Waals surface area contributed by atoms with Gasteiger partial charge in [0.05, 0.1) is 23.7 Å². The van der Waals surface area contributed by atoms with Gasteiger partial charge in [0.1, 0.15) is 11.6 Å². The van der Waals surface area contributed by atoms with Gasteiger partial charge in [0.2, 0.25) is 5.91 Å². The van der Waals surface area contributed by atoms with Crippen LogP contribution in [0.4, 0.5) is 0 Å². The minimum absolute atomic E-state index is 0.119. The van der Waals surface area contributed by atoms with Crippen LogP contribution < -0.4 is 10.1 Å². The number of fused-ring (bicyclic) bond motifs is 1. The number of carbonyl (C=O) groups excluding carboxylic acids is 1. The number of aromatic nitrogens is 2. The van der Waals surface area contributed by atoms with Crippen molar-refractivity contribution in [2.75, 3.05) is 6.61 Å². The highest BCUT2D eigenvalue weighted by atomic mass is 16.5. The molecular weight excluding hydrogens is 386 g/mol. The Bertz CT molecular complexity index is 1040. The average Bonchev–Trinajstić information content (AvgIpc) is 3.53. The molecule has 1 aliphatic carbocycles. The second-order valence-corrected chi connectivity index (χ2v) is 9.59. The van der Waals surface area contributed by atoms with E-state index >= 15 is 0 Å². The molecule has 1 aromatic heterocycles. The van der Waals surface area contributed by atoms with Gasteiger partial charge in [-0.25, -0.2) is 4.98 Å². The Kier molecular flexibility index (Phi) is 6.03. The van der Waals surface area contributed by atoms with E-state index in [-0.39, 0.29) is 23.3 Å². The van der Waals surface area contributed by atoms with Gasteiger partial charge in [-0.1, -0.05) is 45.0 Å². The maximum atomic E-state index is 12.3. The normalized spacial score (nSPS) is 15.1. The SMILES string of the molecule is CC(NC(=O)C1CC1)c1nc2ccccc2n1CCCOc1ccc(C(C)(C)C)cc1. The standard InChI is InChI=1S/C26H33N3O2/c1-18(27-25(30)19-10-11-19)24-28-22-8-5-6-9-23(22)29(24)16-7-17-31-21-14-12-20(13-15-21)26(2,3)4/h5-6,8-9,12-15,18-19H,7,10-11,16-17H2,1-4H3,(H,27,30). The van der Waals surface area contributed by atoms with Crippen LogP contribution in [-0.2, 0) is 16.8 Å². The number of nitrogens with zero attached hydrogens (tertiary/aromatic N) is 2. The summed E-state index contributed by atoms with van der Waals surface area (Å²) in [6, 6.07) is 16.4. The summed E-state index contributed by atoms with van der Waals surface area (Å²) in [5.74, 6) is 2.14. The fourth-order valence-electron chi connectivity index (χ4n) is 3.86. The number of amides is 1. The van der Waals surface area contributed by atoms with Gasteiger partial charge in [0.25, 0.3) is 0 Å². The third kappa shape index (κ3) is 5.09. The monoisotopic (exact) mass is 419 g/mol. The van der Waals surface area contributed by atoms with Gasteiger partial charge in [-0.2, -0.15) is 0 Å². The van der Waals surface area contributed by atoms with E-state index in [9.17, 15) is 4.79 Å². The first-order valence-corrected chi connectivity index (χ1v) is 11.3. The molecule has 1 aliphatic rings. The van der Waals surface area contributed by atoms with Gasteiger partial charge < -0.3 is 14.6 Å². The van der Waals surface area contributed by atoms with Gasteiger partial charge in [0, 0.05) is 12.5 Å². The highest BCUT2D eigenvalue weighted by molar-refractivity contribution is 5.81. The topological polar surface area (TPSA) is 56.2 Å². The van der Waals surface area contributed by atoms with Crippen molar-refractivity contribution >= 4 is 16.9 Å². The maximum Gasteiger partial charge on any atom is 0.223 e. The number of aryl methyl sites for hydroxylation is 1. The van der Waals surface area contributed by atoms with Crippen LogP contribution in [-0.4, -0.2) is 22.1 Å². The molecule has 0 radical (unpaired) electrons. The number of imidazole rings is 1. The van der Waals surface area contributed by atoms with E-state index in [4.69, 9.17) is 9.72 Å². The summed E-state index contributed by atoms with van der Waals surface area (Å²) in [6.45, 7) is 10.1. The molecule has 0 aliphatic heterocycles. The molecule has 0 saturated heterocycles. The molecule has 4 rings (SSSR count). The molecule has 1 atom stereocenters. The summed E-state index contributed by atoms with van der Waals surface area (Å²) in [6.07, 6.45) is 2.86. The summed E-state index contributed by atoms with van der Waals surface area (Å²) in [4.78, 5) is 17.1. The first kappa shape index (κ1) is 21.4. The van der Waals surface area contributed by atoms with E-state index in [1.165, 1.54) is 5.56 Å². The second kappa shape index (κ2) is 8.74. The van der Waals surface area contributed by atoms with E-state index in [1.807, 2.05) is 37.3 Å². The van der Waals surface area contributed by atoms with E-state index in [2.05, 4.69) is 48.9 Å². The number of ether oxygens (including phenoxy) is 1. The minimum atomic E-state index is -0.119. The lowest BCUT2D eigenvalue weighted by Gasteiger charge is -2.19. The largest absolute Gasteiger partial charge is 0.494 e. The first-order valence-electron chi connectivity index (χ1n) is 11.3.